The largest absolute Gasteiger partial charge is 0.478 e. The molecule has 2 aromatic carbocycles. The predicted octanol–water partition coefficient (Wildman–Crippen LogP) is 5.17. The summed E-state index contributed by atoms with van der Waals surface area (Å²) >= 11 is 0. The number of hydrogen-bond donors (Lipinski definition) is 2. The number of amides is 1. The predicted molar refractivity (Wildman–Crippen MR) is 109 cm³/mol. The molecular weight excluding hydrogens is 340 g/mol. The summed E-state index contributed by atoms with van der Waals surface area (Å²) in [6.45, 7) is 5.80. The molecule has 0 aliphatic rings. The fraction of sp³-hybridized carbons (Fsp3) is 0.364. The van der Waals surface area contributed by atoms with E-state index in [1.165, 1.54) is 0 Å². The molecule has 5 nitrogen and oxygen atoms in total. The van der Waals surface area contributed by atoms with Gasteiger partial charge in [0.1, 0.15) is 0 Å². The average Bonchev–Trinajstić information content (AvgIpc) is 2.68. The highest BCUT2D eigenvalue weighted by Crippen LogP contribution is 2.21. The van der Waals surface area contributed by atoms with Gasteiger partial charge in [-0.15, -0.1) is 0 Å². The second kappa shape index (κ2) is 10.4. The number of nitrogens with zero attached hydrogens (tertiary/aromatic N) is 1. The molecule has 2 aromatic rings. The second-order valence-corrected chi connectivity index (χ2v) is 6.55. The van der Waals surface area contributed by atoms with Crippen LogP contribution in [0.3, 0.4) is 0 Å². The maximum atomic E-state index is 12.8. The van der Waals surface area contributed by atoms with Crippen LogP contribution in [0.25, 0.3) is 0 Å². The Morgan fingerprint density at radius 1 is 0.926 bits per heavy atom. The first-order chi connectivity index (χ1) is 13.1. The Hall–Kier alpha value is -2.82. The Morgan fingerprint density at radius 2 is 1.52 bits per heavy atom. The molecule has 0 radical (unpaired) electrons. The lowest BCUT2D eigenvalue weighted by molar-refractivity contribution is 0.0696. The van der Waals surface area contributed by atoms with Gasteiger partial charge >= 0.3 is 5.97 Å². The molecule has 5 heteroatoms. The van der Waals surface area contributed by atoms with E-state index in [4.69, 9.17) is 0 Å². The van der Waals surface area contributed by atoms with Gasteiger partial charge in [0.05, 0.1) is 11.3 Å². The zero-order chi connectivity index (χ0) is 19.6. The SMILES string of the molecule is CCCCN(CCCC)C(=O)c1ccc(Nc2ccccc2C(=O)O)cc1. The number of nitrogens with one attached hydrogen (secondary N) is 1. The minimum absolute atomic E-state index is 0.0504. The molecule has 0 spiro atoms. The molecule has 1 amide bonds. The lowest BCUT2D eigenvalue weighted by Gasteiger charge is -2.22. The smallest absolute Gasteiger partial charge is 0.337 e. The van der Waals surface area contributed by atoms with E-state index in [1.807, 2.05) is 17.0 Å². The van der Waals surface area contributed by atoms with Crippen molar-refractivity contribution in [1.29, 1.82) is 0 Å². The Bertz CT molecular complexity index is 748. The molecule has 2 N–H and O–H groups in total. The van der Waals surface area contributed by atoms with Crippen molar-refractivity contribution >= 4 is 23.3 Å². The minimum Gasteiger partial charge on any atom is -0.478 e. The van der Waals surface area contributed by atoms with Crippen molar-refractivity contribution in [1.82, 2.24) is 4.90 Å². The Morgan fingerprint density at radius 3 is 2.07 bits per heavy atom. The van der Waals surface area contributed by atoms with Gasteiger partial charge in [-0.25, -0.2) is 4.79 Å². The fourth-order valence-electron chi connectivity index (χ4n) is 2.83. The summed E-state index contributed by atoms with van der Waals surface area (Å²) in [5.41, 5.74) is 2.13. The van der Waals surface area contributed by atoms with Crippen LogP contribution in [-0.4, -0.2) is 35.0 Å². The van der Waals surface area contributed by atoms with Gasteiger partial charge in [0.25, 0.3) is 5.91 Å². The number of carboxylic acid groups (broad SMARTS) is 1. The van der Waals surface area contributed by atoms with Crippen LogP contribution >= 0.6 is 0 Å². The van der Waals surface area contributed by atoms with Gasteiger partial charge in [-0.2, -0.15) is 0 Å². The van der Waals surface area contributed by atoms with E-state index in [-0.39, 0.29) is 11.5 Å². The molecule has 0 aliphatic heterocycles. The summed E-state index contributed by atoms with van der Waals surface area (Å²) in [5.74, 6) is -0.929. The summed E-state index contributed by atoms with van der Waals surface area (Å²) in [7, 11) is 0. The number of carboxylic acids is 1. The monoisotopic (exact) mass is 368 g/mol. The molecule has 0 heterocycles. The zero-order valence-electron chi connectivity index (χ0n) is 16.1. The normalized spacial score (nSPS) is 10.4. The number of benzene rings is 2. The molecule has 27 heavy (non-hydrogen) atoms. The standard InChI is InChI=1S/C22H28N2O3/c1-3-5-15-24(16-6-4-2)21(25)17-11-13-18(14-12-17)23-20-10-8-7-9-19(20)22(26)27/h7-14,23H,3-6,15-16H2,1-2H3,(H,26,27). The molecule has 0 bridgehead atoms. The van der Waals surface area contributed by atoms with Crippen LogP contribution < -0.4 is 5.32 Å². The highest BCUT2D eigenvalue weighted by Gasteiger charge is 2.15. The number of carbonyl (C=O) groups is 2. The van der Waals surface area contributed by atoms with Crippen LogP contribution in [0.15, 0.2) is 48.5 Å². The molecular formula is C22H28N2O3. The average molecular weight is 368 g/mol. The molecule has 0 aromatic heterocycles. The minimum atomic E-state index is -0.979. The van der Waals surface area contributed by atoms with Crippen molar-refractivity contribution in [2.75, 3.05) is 18.4 Å². The van der Waals surface area contributed by atoms with Crippen molar-refractivity contribution in [3.63, 3.8) is 0 Å². The van der Waals surface area contributed by atoms with Crippen molar-refractivity contribution in [3.8, 4) is 0 Å². The van der Waals surface area contributed by atoms with E-state index in [0.717, 1.165) is 44.5 Å². The van der Waals surface area contributed by atoms with Crippen LogP contribution in [0.2, 0.25) is 0 Å². The second-order valence-electron chi connectivity index (χ2n) is 6.55. The Balaban J connectivity index is 2.11. The molecule has 0 atom stereocenters. The van der Waals surface area contributed by atoms with E-state index < -0.39 is 5.97 Å². The highest BCUT2D eigenvalue weighted by atomic mass is 16.4. The van der Waals surface area contributed by atoms with E-state index in [0.29, 0.717) is 11.3 Å². The van der Waals surface area contributed by atoms with Gasteiger partial charge in [0.2, 0.25) is 0 Å². The number of anilines is 2. The summed E-state index contributed by atoms with van der Waals surface area (Å²) in [6.07, 6.45) is 4.12. The molecule has 0 fully saturated rings. The summed E-state index contributed by atoms with van der Waals surface area (Å²) < 4.78 is 0. The first-order valence-electron chi connectivity index (χ1n) is 9.55. The van der Waals surface area contributed by atoms with Crippen molar-refractivity contribution < 1.29 is 14.7 Å². The third-order valence-corrected chi connectivity index (χ3v) is 4.42. The maximum Gasteiger partial charge on any atom is 0.337 e. The van der Waals surface area contributed by atoms with Crippen molar-refractivity contribution in [2.24, 2.45) is 0 Å². The highest BCUT2D eigenvalue weighted by molar-refractivity contribution is 5.96. The zero-order valence-corrected chi connectivity index (χ0v) is 16.1. The van der Waals surface area contributed by atoms with Crippen molar-refractivity contribution in [3.05, 3.63) is 59.7 Å². The number of para-hydroxylation sites is 1. The van der Waals surface area contributed by atoms with Gasteiger partial charge < -0.3 is 15.3 Å². The van der Waals surface area contributed by atoms with E-state index in [1.54, 1.807) is 36.4 Å². The van der Waals surface area contributed by atoms with Crippen LogP contribution in [0, 0.1) is 0 Å². The Kier molecular flexibility index (Phi) is 7.86. The molecule has 0 aliphatic carbocycles. The molecule has 0 unspecified atom stereocenters. The van der Waals surface area contributed by atoms with Gasteiger partial charge in [-0.05, 0) is 49.2 Å². The van der Waals surface area contributed by atoms with Crippen LogP contribution in [-0.2, 0) is 0 Å². The molecule has 0 saturated heterocycles. The number of hydrogen-bond acceptors (Lipinski definition) is 3. The van der Waals surface area contributed by atoms with E-state index in [9.17, 15) is 14.7 Å². The fourth-order valence-corrected chi connectivity index (χ4v) is 2.83. The lowest BCUT2D eigenvalue weighted by Crippen LogP contribution is -2.32. The molecule has 144 valence electrons. The van der Waals surface area contributed by atoms with Gasteiger partial charge in [-0.1, -0.05) is 38.8 Å². The Labute approximate surface area is 161 Å². The van der Waals surface area contributed by atoms with Crippen LogP contribution in [0.5, 0.6) is 0 Å². The van der Waals surface area contributed by atoms with E-state index >= 15 is 0 Å². The third kappa shape index (κ3) is 5.84. The number of rotatable bonds is 10. The first kappa shape index (κ1) is 20.5. The molecule has 2 rings (SSSR count). The summed E-state index contributed by atoms with van der Waals surface area (Å²) in [5, 5.41) is 12.4. The quantitative estimate of drug-likeness (QED) is 0.607. The topological polar surface area (TPSA) is 69.6 Å². The maximum absolute atomic E-state index is 12.8. The number of aromatic carboxylic acids is 1. The number of carbonyl (C=O) groups excluding carboxylic acids is 1. The summed E-state index contributed by atoms with van der Waals surface area (Å²) in [6, 6.07) is 14.0. The first-order valence-corrected chi connectivity index (χ1v) is 9.55. The number of unbranched alkanes of at least 4 members (excludes halogenated alkanes) is 2. The molecule has 0 saturated carbocycles. The van der Waals surface area contributed by atoms with Crippen LogP contribution in [0.4, 0.5) is 11.4 Å². The lowest BCUT2D eigenvalue weighted by atomic mass is 10.1. The summed E-state index contributed by atoms with van der Waals surface area (Å²) in [4.78, 5) is 26.0. The van der Waals surface area contributed by atoms with E-state index in [2.05, 4.69) is 19.2 Å². The van der Waals surface area contributed by atoms with Crippen molar-refractivity contribution in [2.45, 2.75) is 39.5 Å². The van der Waals surface area contributed by atoms with Gasteiger partial charge in [-0.3, -0.25) is 4.79 Å². The van der Waals surface area contributed by atoms with Gasteiger partial charge in [0.15, 0.2) is 0 Å². The third-order valence-electron chi connectivity index (χ3n) is 4.42. The van der Waals surface area contributed by atoms with Crippen LogP contribution in [0.1, 0.15) is 60.2 Å². The van der Waals surface area contributed by atoms with Gasteiger partial charge in [0, 0.05) is 24.3 Å².